The largest absolute Gasteiger partial charge is 0.373 e. The first kappa shape index (κ1) is 12.2. The van der Waals surface area contributed by atoms with Crippen LogP contribution < -0.4 is 5.32 Å². The molecule has 0 spiro atoms. The van der Waals surface area contributed by atoms with Gasteiger partial charge in [0.15, 0.2) is 0 Å². The van der Waals surface area contributed by atoms with E-state index in [9.17, 15) is 0 Å². The van der Waals surface area contributed by atoms with Crippen LogP contribution in [-0.2, 0) is 30.7 Å². The molecule has 2 aliphatic rings. The number of rotatable bonds is 3. The Morgan fingerprint density at radius 3 is 3.11 bits per heavy atom. The van der Waals surface area contributed by atoms with E-state index in [4.69, 9.17) is 9.72 Å². The van der Waals surface area contributed by atoms with Crippen molar-refractivity contribution in [3.8, 4) is 0 Å². The third kappa shape index (κ3) is 2.08. The zero-order valence-corrected chi connectivity index (χ0v) is 11.5. The number of ether oxygens (including phenoxy) is 1. The second-order valence-electron chi connectivity index (χ2n) is 5.69. The van der Waals surface area contributed by atoms with Gasteiger partial charge in [0.25, 0.3) is 0 Å². The molecule has 0 amide bonds. The molecule has 0 aromatic carbocycles. The lowest BCUT2D eigenvalue weighted by molar-refractivity contribution is 0.00505. The van der Waals surface area contributed by atoms with Crippen molar-refractivity contribution >= 4 is 0 Å². The Morgan fingerprint density at radius 2 is 2.39 bits per heavy atom. The maximum absolute atomic E-state index is 5.94. The number of nitrogens with one attached hydrogen (secondary N) is 1. The van der Waals surface area contributed by atoms with E-state index in [-0.39, 0.29) is 5.60 Å². The maximum Gasteiger partial charge on any atom is 0.109 e. The third-order valence-electron chi connectivity index (χ3n) is 4.17. The molecule has 0 bridgehead atoms. The first-order valence-corrected chi connectivity index (χ1v) is 7.14. The zero-order valence-electron chi connectivity index (χ0n) is 11.5. The number of imidazole rings is 1. The molecule has 0 aliphatic carbocycles. The van der Waals surface area contributed by atoms with E-state index in [1.54, 1.807) is 0 Å². The predicted octanol–water partition coefficient (Wildman–Crippen LogP) is 1.66. The van der Waals surface area contributed by atoms with Crippen molar-refractivity contribution < 1.29 is 4.74 Å². The van der Waals surface area contributed by atoms with Gasteiger partial charge in [-0.05, 0) is 19.8 Å². The lowest BCUT2D eigenvalue weighted by atomic mass is 10.0. The smallest absolute Gasteiger partial charge is 0.109 e. The summed E-state index contributed by atoms with van der Waals surface area (Å²) >= 11 is 0. The Labute approximate surface area is 109 Å². The van der Waals surface area contributed by atoms with Crippen molar-refractivity contribution in [2.75, 3.05) is 13.2 Å². The van der Waals surface area contributed by atoms with Crippen LogP contribution in [0.15, 0.2) is 0 Å². The van der Waals surface area contributed by atoms with Crippen LogP contribution >= 0.6 is 0 Å². The summed E-state index contributed by atoms with van der Waals surface area (Å²) < 4.78 is 8.37. The van der Waals surface area contributed by atoms with Crippen LogP contribution in [0.25, 0.3) is 0 Å². The molecule has 3 heterocycles. The standard InChI is InChI=1S/C14H23N3O/c1-3-13-16-11-9-15-7-5-12(11)17(13)10-14(2)6-4-8-18-14/h15H,3-10H2,1-2H3. The van der Waals surface area contributed by atoms with E-state index in [1.807, 2.05) is 0 Å². The highest BCUT2D eigenvalue weighted by Gasteiger charge is 2.32. The molecule has 1 aromatic heterocycles. The van der Waals surface area contributed by atoms with Crippen LogP contribution in [0, 0.1) is 0 Å². The van der Waals surface area contributed by atoms with Crippen molar-refractivity contribution in [2.24, 2.45) is 0 Å². The first-order valence-electron chi connectivity index (χ1n) is 7.14. The Morgan fingerprint density at radius 1 is 1.50 bits per heavy atom. The van der Waals surface area contributed by atoms with Gasteiger partial charge in [0.2, 0.25) is 0 Å². The molecule has 1 aromatic rings. The van der Waals surface area contributed by atoms with Gasteiger partial charge in [0.05, 0.1) is 17.8 Å². The number of hydrogen-bond donors (Lipinski definition) is 1. The van der Waals surface area contributed by atoms with Crippen LogP contribution in [0.4, 0.5) is 0 Å². The quantitative estimate of drug-likeness (QED) is 0.885. The Kier molecular flexibility index (Phi) is 3.16. The topological polar surface area (TPSA) is 39.1 Å². The summed E-state index contributed by atoms with van der Waals surface area (Å²) in [6, 6.07) is 0. The maximum atomic E-state index is 5.94. The van der Waals surface area contributed by atoms with Gasteiger partial charge in [0, 0.05) is 38.2 Å². The molecule has 4 nitrogen and oxygen atoms in total. The fourth-order valence-corrected chi connectivity index (χ4v) is 3.18. The highest BCUT2D eigenvalue weighted by molar-refractivity contribution is 5.21. The highest BCUT2D eigenvalue weighted by atomic mass is 16.5. The number of aromatic nitrogens is 2. The lowest BCUT2D eigenvalue weighted by Crippen LogP contribution is -2.32. The van der Waals surface area contributed by atoms with E-state index in [1.165, 1.54) is 30.1 Å². The SMILES string of the molecule is CCc1nc2c(n1CC1(C)CCCO1)CCNC2. The molecule has 1 unspecified atom stereocenters. The predicted molar refractivity (Wildman–Crippen MR) is 70.6 cm³/mol. The van der Waals surface area contributed by atoms with Gasteiger partial charge in [-0.1, -0.05) is 6.92 Å². The number of nitrogens with zero attached hydrogens (tertiary/aromatic N) is 2. The van der Waals surface area contributed by atoms with E-state index >= 15 is 0 Å². The normalized spacial score (nSPS) is 27.4. The van der Waals surface area contributed by atoms with Crippen LogP contribution in [0.5, 0.6) is 0 Å². The first-order chi connectivity index (χ1) is 8.72. The van der Waals surface area contributed by atoms with Crippen molar-refractivity contribution in [3.05, 3.63) is 17.2 Å². The van der Waals surface area contributed by atoms with E-state index in [0.29, 0.717) is 0 Å². The van der Waals surface area contributed by atoms with E-state index < -0.39 is 0 Å². The summed E-state index contributed by atoms with van der Waals surface area (Å²) in [6.45, 7) is 8.31. The van der Waals surface area contributed by atoms with Crippen LogP contribution in [0.3, 0.4) is 0 Å². The van der Waals surface area contributed by atoms with Gasteiger partial charge in [-0.15, -0.1) is 0 Å². The van der Waals surface area contributed by atoms with E-state index in [0.717, 1.165) is 39.1 Å². The Hall–Kier alpha value is -0.870. The second kappa shape index (κ2) is 4.67. The average molecular weight is 249 g/mol. The van der Waals surface area contributed by atoms with Gasteiger partial charge < -0.3 is 14.6 Å². The average Bonchev–Trinajstić information content (AvgIpc) is 2.95. The molecule has 2 aliphatic heterocycles. The van der Waals surface area contributed by atoms with Crippen molar-refractivity contribution in [3.63, 3.8) is 0 Å². The molecule has 1 N–H and O–H groups in total. The molecular weight excluding hydrogens is 226 g/mol. The minimum Gasteiger partial charge on any atom is -0.373 e. The van der Waals surface area contributed by atoms with Gasteiger partial charge in [-0.3, -0.25) is 0 Å². The minimum absolute atomic E-state index is 0.0171. The molecule has 0 radical (unpaired) electrons. The Balaban J connectivity index is 1.92. The van der Waals surface area contributed by atoms with Gasteiger partial charge in [-0.25, -0.2) is 4.98 Å². The Bertz CT molecular complexity index is 432. The van der Waals surface area contributed by atoms with Gasteiger partial charge >= 0.3 is 0 Å². The van der Waals surface area contributed by atoms with Crippen LogP contribution in [0.1, 0.15) is 43.9 Å². The number of fused-ring (bicyclic) bond motifs is 1. The second-order valence-corrected chi connectivity index (χ2v) is 5.69. The van der Waals surface area contributed by atoms with Crippen LogP contribution in [-0.4, -0.2) is 28.3 Å². The fourth-order valence-electron chi connectivity index (χ4n) is 3.18. The summed E-state index contributed by atoms with van der Waals surface area (Å²) in [5.41, 5.74) is 2.70. The highest BCUT2D eigenvalue weighted by Crippen LogP contribution is 2.29. The van der Waals surface area contributed by atoms with Gasteiger partial charge in [0.1, 0.15) is 5.82 Å². The summed E-state index contributed by atoms with van der Waals surface area (Å²) in [5.74, 6) is 1.22. The van der Waals surface area contributed by atoms with Crippen LogP contribution in [0.2, 0.25) is 0 Å². The van der Waals surface area contributed by atoms with Crippen molar-refractivity contribution in [1.29, 1.82) is 0 Å². The molecule has 3 rings (SSSR count). The molecular formula is C14H23N3O. The number of hydrogen-bond acceptors (Lipinski definition) is 3. The monoisotopic (exact) mass is 249 g/mol. The minimum atomic E-state index is 0.0171. The molecule has 0 saturated carbocycles. The lowest BCUT2D eigenvalue weighted by Gasteiger charge is -2.26. The molecule has 1 fully saturated rings. The molecule has 1 atom stereocenters. The molecule has 1 saturated heterocycles. The van der Waals surface area contributed by atoms with Crippen molar-refractivity contribution in [1.82, 2.24) is 14.9 Å². The van der Waals surface area contributed by atoms with Gasteiger partial charge in [-0.2, -0.15) is 0 Å². The summed E-state index contributed by atoms with van der Waals surface area (Å²) in [5, 5.41) is 3.40. The summed E-state index contributed by atoms with van der Waals surface area (Å²) in [7, 11) is 0. The third-order valence-corrected chi connectivity index (χ3v) is 4.17. The molecule has 4 heteroatoms. The molecule has 18 heavy (non-hydrogen) atoms. The van der Waals surface area contributed by atoms with E-state index in [2.05, 4.69) is 23.7 Å². The molecule has 100 valence electrons. The number of aryl methyl sites for hydroxylation is 1. The zero-order chi connectivity index (χ0) is 12.6. The summed E-state index contributed by atoms with van der Waals surface area (Å²) in [6.07, 6.45) is 4.46. The summed E-state index contributed by atoms with van der Waals surface area (Å²) in [4.78, 5) is 4.79. The fraction of sp³-hybridized carbons (Fsp3) is 0.786. The van der Waals surface area contributed by atoms with Crippen molar-refractivity contribution in [2.45, 2.75) is 58.2 Å².